The zero-order valence-corrected chi connectivity index (χ0v) is 18.6. The van der Waals surface area contributed by atoms with Crippen molar-refractivity contribution in [2.24, 2.45) is 5.41 Å². The van der Waals surface area contributed by atoms with E-state index >= 15 is 0 Å². The molecule has 2 saturated heterocycles. The molecule has 0 aliphatic carbocycles. The first-order valence-electron chi connectivity index (χ1n) is 10.4. The molecule has 0 bridgehead atoms. The van der Waals surface area contributed by atoms with E-state index < -0.39 is 21.3 Å². The molecule has 164 valence electrons. The summed E-state index contributed by atoms with van der Waals surface area (Å²) in [6.07, 6.45) is 0. The average molecular weight is 442 g/mol. The third-order valence-corrected chi connectivity index (χ3v) is 7.86. The van der Waals surface area contributed by atoms with Gasteiger partial charge in [-0.2, -0.15) is 0 Å². The lowest BCUT2D eigenvalue weighted by molar-refractivity contribution is -0.123. The van der Waals surface area contributed by atoms with Gasteiger partial charge in [-0.15, -0.1) is 0 Å². The van der Waals surface area contributed by atoms with E-state index in [4.69, 9.17) is 0 Å². The fraction of sp³-hybridized carbons (Fsp3) is 0.391. The van der Waals surface area contributed by atoms with Crippen LogP contribution in [0.4, 0.5) is 5.69 Å². The number of benzene rings is 2. The topological polar surface area (TPSA) is 78.0 Å². The highest BCUT2D eigenvalue weighted by Gasteiger charge is 2.49. The quantitative estimate of drug-likeness (QED) is 0.728. The van der Waals surface area contributed by atoms with E-state index in [9.17, 15) is 18.0 Å². The smallest absolute Gasteiger partial charge is 0.253 e. The van der Waals surface area contributed by atoms with E-state index in [1.54, 1.807) is 26.0 Å². The molecule has 2 aromatic rings. The molecule has 31 heavy (non-hydrogen) atoms. The second-order valence-electron chi connectivity index (χ2n) is 8.81. The number of anilines is 1. The monoisotopic (exact) mass is 441 g/mol. The second-order valence-corrected chi connectivity index (χ2v) is 10.6. The summed E-state index contributed by atoms with van der Waals surface area (Å²) < 4.78 is 25.7. The van der Waals surface area contributed by atoms with Crippen LogP contribution < -0.4 is 4.31 Å². The van der Waals surface area contributed by atoms with Crippen molar-refractivity contribution in [3.8, 4) is 0 Å². The molecule has 2 fully saturated rings. The van der Waals surface area contributed by atoms with E-state index in [2.05, 4.69) is 17.0 Å². The van der Waals surface area contributed by atoms with Gasteiger partial charge in [-0.05, 0) is 43.7 Å². The Morgan fingerprint density at radius 2 is 1.55 bits per heavy atom. The van der Waals surface area contributed by atoms with Crippen molar-refractivity contribution in [3.63, 3.8) is 0 Å². The Bertz CT molecular complexity index is 1070. The maximum absolute atomic E-state index is 12.9. The minimum absolute atomic E-state index is 0.0816. The van der Waals surface area contributed by atoms with Gasteiger partial charge in [0, 0.05) is 38.3 Å². The lowest BCUT2D eigenvalue weighted by atomic mass is 9.95. The summed E-state index contributed by atoms with van der Waals surface area (Å²) in [5.74, 6) is -0.741. The van der Waals surface area contributed by atoms with E-state index in [0.29, 0.717) is 18.7 Å². The van der Waals surface area contributed by atoms with Crippen LogP contribution in [0.1, 0.15) is 29.8 Å². The number of carbonyl (C=O) groups is 2. The summed E-state index contributed by atoms with van der Waals surface area (Å²) in [6, 6.07) is 16.5. The van der Waals surface area contributed by atoms with Crippen LogP contribution in [0.3, 0.4) is 0 Å². The zero-order chi connectivity index (χ0) is 22.2. The van der Waals surface area contributed by atoms with Crippen LogP contribution in [0, 0.1) is 5.41 Å². The molecule has 0 N–H and O–H groups in total. The highest BCUT2D eigenvalue weighted by atomic mass is 32.2. The molecule has 0 atom stereocenters. The molecule has 0 spiro atoms. The van der Waals surface area contributed by atoms with Crippen molar-refractivity contribution in [1.82, 2.24) is 9.80 Å². The largest absolute Gasteiger partial charge is 0.336 e. The summed E-state index contributed by atoms with van der Waals surface area (Å²) >= 11 is 0. The number of amides is 2. The van der Waals surface area contributed by atoms with Crippen LogP contribution in [0.25, 0.3) is 0 Å². The lowest BCUT2D eigenvalue weighted by Crippen LogP contribution is -2.48. The van der Waals surface area contributed by atoms with Crippen LogP contribution in [-0.2, 0) is 21.4 Å². The molecule has 2 amide bonds. The molecule has 2 heterocycles. The fourth-order valence-electron chi connectivity index (χ4n) is 4.13. The van der Waals surface area contributed by atoms with Crippen LogP contribution >= 0.6 is 0 Å². The Labute approximate surface area is 183 Å². The third kappa shape index (κ3) is 4.36. The third-order valence-electron chi connectivity index (χ3n) is 5.84. The lowest BCUT2D eigenvalue weighted by Gasteiger charge is -2.34. The first-order valence-corrected chi connectivity index (χ1v) is 12.0. The summed E-state index contributed by atoms with van der Waals surface area (Å²) in [6.45, 7) is 7.00. The van der Waals surface area contributed by atoms with Gasteiger partial charge in [0.2, 0.25) is 15.9 Å². The molecular weight excluding hydrogens is 414 g/mol. The minimum atomic E-state index is -3.70. The standard InChI is InChI=1S/C23H27N3O4S/c1-23(2)17-31(29,30)26(22(23)28)20-10-8-19(9-11-20)21(27)25-14-12-24(13-15-25)16-18-6-4-3-5-7-18/h3-11H,12-17H2,1-2H3. The Kier molecular flexibility index (Phi) is 5.61. The van der Waals surface area contributed by atoms with Gasteiger partial charge in [0.1, 0.15) is 0 Å². The molecule has 2 aliphatic heterocycles. The highest BCUT2D eigenvalue weighted by Crippen LogP contribution is 2.35. The molecule has 0 saturated carbocycles. The molecule has 8 heteroatoms. The first kappa shape index (κ1) is 21.5. The Morgan fingerprint density at radius 1 is 0.935 bits per heavy atom. The number of rotatable bonds is 4. The van der Waals surface area contributed by atoms with Gasteiger partial charge in [0.15, 0.2) is 0 Å². The first-order chi connectivity index (χ1) is 14.7. The van der Waals surface area contributed by atoms with Crippen LogP contribution in [0.5, 0.6) is 0 Å². The van der Waals surface area contributed by atoms with Crippen LogP contribution in [0.2, 0.25) is 0 Å². The second kappa shape index (κ2) is 8.09. The van der Waals surface area contributed by atoms with Gasteiger partial charge in [-0.1, -0.05) is 30.3 Å². The summed E-state index contributed by atoms with van der Waals surface area (Å²) in [5.41, 5.74) is 1.07. The summed E-state index contributed by atoms with van der Waals surface area (Å²) in [7, 11) is -3.70. The molecule has 2 aliphatic rings. The van der Waals surface area contributed by atoms with Gasteiger partial charge < -0.3 is 4.90 Å². The predicted octanol–water partition coefficient (Wildman–Crippen LogP) is 2.35. The zero-order valence-electron chi connectivity index (χ0n) is 17.8. The Hall–Kier alpha value is -2.71. The average Bonchev–Trinajstić information content (AvgIpc) is 2.91. The van der Waals surface area contributed by atoms with Gasteiger partial charge in [0.25, 0.3) is 5.91 Å². The molecule has 0 radical (unpaired) electrons. The van der Waals surface area contributed by atoms with Crippen molar-refractivity contribution < 1.29 is 18.0 Å². The highest BCUT2D eigenvalue weighted by molar-refractivity contribution is 7.94. The predicted molar refractivity (Wildman–Crippen MR) is 119 cm³/mol. The number of hydrogen-bond acceptors (Lipinski definition) is 5. The fourth-order valence-corrected chi connectivity index (χ4v) is 6.24. The van der Waals surface area contributed by atoms with Crippen molar-refractivity contribution in [3.05, 3.63) is 65.7 Å². The summed E-state index contributed by atoms with van der Waals surface area (Å²) in [4.78, 5) is 29.6. The molecule has 7 nitrogen and oxygen atoms in total. The summed E-state index contributed by atoms with van der Waals surface area (Å²) in [5, 5.41) is 0. The van der Waals surface area contributed by atoms with Gasteiger partial charge in [0.05, 0.1) is 16.9 Å². The Balaban J connectivity index is 1.40. The maximum Gasteiger partial charge on any atom is 0.253 e. The number of nitrogens with zero attached hydrogens (tertiary/aromatic N) is 3. The number of piperazine rings is 1. The number of sulfonamides is 1. The molecule has 2 aromatic carbocycles. The normalized spacial score (nSPS) is 20.8. The van der Waals surface area contributed by atoms with Gasteiger partial charge in [-0.25, -0.2) is 12.7 Å². The number of hydrogen-bond donors (Lipinski definition) is 0. The van der Waals surface area contributed by atoms with Crippen LogP contribution in [-0.4, -0.2) is 62.0 Å². The van der Waals surface area contributed by atoms with E-state index in [-0.39, 0.29) is 17.3 Å². The van der Waals surface area contributed by atoms with Crippen molar-refractivity contribution in [2.45, 2.75) is 20.4 Å². The molecular formula is C23H27N3O4S. The Morgan fingerprint density at radius 3 is 2.10 bits per heavy atom. The van der Waals surface area contributed by atoms with Crippen molar-refractivity contribution in [1.29, 1.82) is 0 Å². The van der Waals surface area contributed by atoms with Gasteiger partial charge >= 0.3 is 0 Å². The molecule has 0 unspecified atom stereocenters. The van der Waals surface area contributed by atoms with E-state index in [0.717, 1.165) is 23.9 Å². The van der Waals surface area contributed by atoms with Crippen molar-refractivity contribution >= 4 is 27.5 Å². The van der Waals surface area contributed by atoms with Gasteiger partial charge in [-0.3, -0.25) is 14.5 Å². The van der Waals surface area contributed by atoms with E-state index in [1.807, 2.05) is 23.1 Å². The minimum Gasteiger partial charge on any atom is -0.336 e. The molecule has 0 aromatic heterocycles. The SMILES string of the molecule is CC1(C)CS(=O)(=O)N(c2ccc(C(=O)N3CCN(Cc4ccccc4)CC3)cc2)C1=O. The van der Waals surface area contributed by atoms with E-state index in [1.165, 1.54) is 17.7 Å². The van der Waals surface area contributed by atoms with Crippen LogP contribution in [0.15, 0.2) is 54.6 Å². The number of carbonyl (C=O) groups excluding carboxylic acids is 2. The molecule has 4 rings (SSSR count). The van der Waals surface area contributed by atoms with Crippen molar-refractivity contribution in [2.75, 3.05) is 36.2 Å². The maximum atomic E-state index is 12.9.